The van der Waals surface area contributed by atoms with Gasteiger partial charge in [-0.25, -0.2) is 0 Å². The van der Waals surface area contributed by atoms with Crippen molar-refractivity contribution >= 4 is 17.9 Å². The molecule has 0 bridgehead atoms. The molecule has 0 aromatic rings. The molecule has 1 unspecified atom stereocenters. The topological polar surface area (TPSA) is 78.9 Å². The standard InChI is InChI=1S/C69H126O6/c1-4-7-10-13-16-19-22-24-26-28-30-31-32-33-34-35-36-37-38-40-41-43-45-47-50-53-56-59-62-68(71)74-65-66(64-73-67(70)61-58-55-52-49-21-18-15-12-9-6-3)75-69(72)63-60-57-54-51-48-46-44-42-39-29-27-25-23-20-17-14-11-8-5-2/h8,11,17,20,25,27,39,42,66H,4-7,9-10,12-16,18-19,21-24,26,28-38,40-41,43-65H2,1-3H3/b11-8-,20-17-,27-25-,42-39-. The highest BCUT2D eigenvalue weighted by Gasteiger charge is 2.19. The van der Waals surface area contributed by atoms with E-state index >= 15 is 0 Å². The first-order chi connectivity index (χ1) is 37.0. The van der Waals surface area contributed by atoms with Gasteiger partial charge in [0.05, 0.1) is 0 Å². The molecule has 0 N–H and O–H groups in total. The summed E-state index contributed by atoms with van der Waals surface area (Å²) in [5, 5.41) is 0. The maximum Gasteiger partial charge on any atom is 0.306 e. The highest BCUT2D eigenvalue weighted by molar-refractivity contribution is 5.71. The largest absolute Gasteiger partial charge is 0.462 e. The Kier molecular flexibility index (Phi) is 61.7. The zero-order chi connectivity index (χ0) is 54.3. The van der Waals surface area contributed by atoms with Crippen LogP contribution < -0.4 is 0 Å². The van der Waals surface area contributed by atoms with Crippen molar-refractivity contribution in [1.29, 1.82) is 0 Å². The van der Waals surface area contributed by atoms with Crippen molar-refractivity contribution in [2.45, 2.75) is 361 Å². The molecule has 0 aliphatic carbocycles. The lowest BCUT2D eigenvalue weighted by Crippen LogP contribution is -2.30. The predicted molar refractivity (Wildman–Crippen MR) is 325 cm³/mol. The van der Waals surface area contributed by atoms with E-state index in [0.29, 0.717) is 19.3 Å². The monoisotopic (exact) mass is 1050 g/mol. The predicted octanol–water partition coefficient (Wildman–Crippen LogP) is 22.6. The summed E-state index contributed by atoms with van der Waals surface area (Å²) in [6.45, 7) is 6.56. The molecule has 0 spiro atoms. The van der Waals surface area contributed by atoms with Gasteiger partial charge in [-0.2, -0.15) is 0 Å². The SMILES string of the molecule is CC/C=C\C/C=C\C/C=C\C/C=C\CCCCCCCCC(=O)OC(COC(=O)CCCCCCCCCCCC)COC(=O)CCCCCCCCCCCCCCCCCCCCCCCCCCCCCC. The molecule has 0 radical (unpaired) electrons. The van der Waals surface area contributed by atoms with Gasteiger partial charge in [0, 0.05) is 19.3 Å². The Morgan fingerprint density at radius 3 is 0.813 bits per heavy atom. The molecule has 438 valence electrons. The smallest absolute Gasteiger partial charge is 0.306 e. The van der Waals surface area contributed by atoms with E-state index in [-0.39, 0.29) is 31.1 Å². The molecule has 0 heterocycles. The number of rotatable bonds is 61. The Balaban J connectivity index is 4.15. The summed E-state index contributed by atoms with van der Waals surface area (Å²) < 4.78 is 16.9. The van der Waals surface area contributed by atoms with Crippen LogP contribution in [0.25, 0.3) is 0 Å². The summed E-state index contributed by atoms with van der Waals surface area (Å²) in [5.74, 6) is -0.869. The number of unbranched alkanes of at least 4 members (excludes halogenated alkanes) is 42. The van der Waals surface area contributed by atoms with Gasteiger partial charge in [-0.05, 0) is 57.8 Å². The zero-order valence-electron chi connectivity index (χ0n) is 50.3. The first-order valence-corrected chi connectivity index (χ1v) is 33.1. The minimum atomic E-state index is -0.778. The number of ether oxygens (including phenoxy) is 3. The summed E-state index contributed by atoms with van der Waals surface area (Å²) in [6, 6.07) is 0. The van der Waals surface area contributed by atoms with E-state index in [4.69, 9.17) is 14.2 Å². The second-order valence-electron chi connectivity index (χ2n) is 22.4. The van der Waals surface area contributed by atoms with Crippen molar-refractivity contribution in [2.24, 2.45) is 0 Å². The normalized spacial score (nSPS) is 12.3. The van der Waals surface area contributed by atoms with E-state index in [1.807, 2.05) is 0 Å². The summed E-state index contributed by atoms with van der Waals surface area (Å²) >= 11 is 0. The second kappa shape index (κ2) is 63.9. The van der Waals surface area contributed by atoms with Crippen LogP contribution in [-0.4, -0.2) is 37.2 Å². The molecule has 75 heavy (non-hydrogen) atoms. The molecule has 1 atom stereocenters. The third-order valence-corrected chi connectivity index (χ3v) is 14.8. The average Bonchev–Trinajstić information content (AvgIpc) is 3.41. The van der Waals surface area contributed by atoms with Gasteiger partial charge in [-0.15, -0.1) is 0 Å². The summed E-state index contributed by atoms with van der Waals surface area (Å²) in [4.78, 5) is 38.2. The number of carbonyl (C=O) groups excluding carboxylic acids is 3. The Labute approximate surface area is 467 Å². The Hall–Kier alpha value is -2.63. The first-order valence-electron chi connectivity index (χ1n) is 33.1. The Bertz CT molecular complexity index is 1300. The zero-order valence-corrected chi connectivity index (χ0v) is 50.3. The number of allylic oxidation sites excluding steroid dienone is 8. The minimum absolute atomic E-state index is 0.0745. The van der Waals surface area contributed by atoms with Gasteiger partial charge in [0.2, 0.25) is 0 Å². The second-order valence-corrected chi connectivity index (χ2v) is 22.4. The Morgan fingerprint density at radius 2 is 0.520 bits per heavy atom. The lowest BCUT2D eigenvalue weighted by atomic mass is 10.0. The molecular weight excluding hydrogens is 925 g/mol. The van der Waals surface area contributed by atoms with Gasteiger partial charge < -0.3 is 14.2 Å². The van der Waals surface area contributed by atoms with Gasteiger partial charge in [-0.3, -0.25) is 14.4 Å². The van der Waals surface area contributed by atoms with Gasteiger partial charge >= 0.3 is 17.9 Å². The summed E-state index contributed by atoms with van der Waals surface area (Å²) in [6.07, 6.45) is 80.0. The van der Waals surface area contributed by atoms with Crippen molar-refractivity contribution in [2.75, 3.05) is 13.2 Å². The number of carbonyl (C=O) groups is 3. The van der Waals surface area contributed by atoms with E-state index in [1.54, 1.807) is 0 Å². The molecule has 0 aromatic carbocycles. The van der Waals surface area contributed by atoms with Crippen LogP contribution in [0.4, 0.5) is 0 Å². The van der Waals surface area contributed by atoms with E-state index in [2.05, 4.69) is 69.4 Å². The van der Waals surface area contributed by atoms with Crippen LogP contribution in [0.3, 0.4) is 0 Å². The number of esters is 3. The van der Waals surface area contributed by atoms with Crippen LogP contribution in [0.1, 0.15) is 355 Å². The highest BCUT2D eigenvalue weighted by Crippen LogP contribution is 2.18. The molecule has 0 aliphatic heterocycles. The maximum absolute atomic E-state index is 12.9. The first kappa shape index (κ1) is 72.4. The van der Waals surface area contributed by atoms with Crippen LogP contribution in [0.15, 0.2) is 48.6 Å². The Morgan fingerprint density at radius 1 is 0.280 bits per heavy atom. The highest BCUT2D eigenvalue weighted by atomic mass is 16.6. The van der Waals surface area contributed by atoms with E-state index in [9.17, 15) is 14.4 Å². The fourth-order valence-electron chi connectivity index (χ4n) is 9.91. The average molecular weight is 1050 g/mol. The molecule has 0 rings (SSSR count). The number of hydrogen-bond acceptors (Lipinski definition) is 6. The maximum atomic E-state index is 12.9. The van der Waals surface area contributed by atoms with E-state index in [0.717, 1.165) is 96.3 Å². The molecule has 0 saturated carbocycles. The summed E-state index contributed by atoms with van der Waals surface area (Å²) in [5.41, 5.74) is 0. The van der Waals surface area contributed by atoms with Crippen molar-refractivity contribution < 1.29 is 28.6 Å². The third kappa shape index (κ3) is 62.1. The van der Waals surface area contributed by atoms with Crippen molar-refractivity contribution in [3.05, 3.63) is 48.6 Å². The molecule has 0 aromatic heterocycles. The third-order valence-electron chi connectivity index (χ3n) is 14.8. The molecule has 6 heteroatoms. The van der Waals surface area contributed by atoms with Crippen LogP contribution in [0.5, 0.6) is 0 Å². The number of hydrogen-bond donors (Lipinski definition) is 0. The van der Waals surface area contributed by atoms with Crippen LogP contribution in [0.2, 0.25) is 0 Å². The van der Waals surface area contributed by atoms with Crippen molar-refractivity contribution in [1.82, 2.24) is 0 Å². The molecular formula is C69H126O6. The lowest BCUT2D eigenvalue weighted by Gasteiger charge is -2.18. The van der Waals surface area contributed by atoms with E-state index in [1.165, 1.54) is 218 Å². The van der Waals surface area contributed by atoms with Gasteiger partial charge in [-0.1, -0.05) is 326 Å². The molecule has 0 amide bonds. The molecule has 0 fully saturated rings. The minimum Gasteiger partial charge on any atom is -0.462 e. The molecule has 0 aliphatic rings. The van der Waals surface area contributed by atoms with Crippen LogP contribution in [0, 0.1) is 0 Å². The quantitative estimate of drug-likeness (QED) is 0.0261. The fraction of sp³-hybridized carbons (Fsp3) is 0.841. The fourth-order valence-corrected chi connectivity index (χ4v) is 9.91. The van der Waals surface area contributed by atoms with E-state index < -0.39 is 6.10 Å². The van der Waals surface area contributed by atoms with Gasteiger partial charge in [0.25, 0.3) is 0 Å². The molecule has 6 nitrogen and oxygen atoms in total. The summed E-state index contributed by atoms with van der Waals surface area (Å²) in [7, 11) is 0. The van der Waals surface area contributed by atoms with Crippen molar-refractivity contribution in [3.63, 3.8) is 0 Å². The lowest BCUT2D eigenvalue weighted by molar-refractivity contribution is -0.167. The molecule has 0 saturated heterocycles. The van der Waals surface area contributed by atoms with Crippen molar-refractivity contribution in [3.8, 4) is 0 Å². The van der Waals surface area contributed by atoms with Crippen LogP contribution in [-0.2, 0) is 28.6 Å². The van der Waals surface area contributed by atoms with Gasteiger partial charge in [0.15, 0.2) is 6.10 Å². The van der Waals surface area contributed by atoms with Gasteiger partial charge in [0.1, 0.15) is 13.2 Å². The van der Waals surface area contributed by atoms with Crippen LogP contribution >= 0.6 is 0 Å².